The van der Waals surface area contributed by atoms with Crippen molar-refractivity contribution in [1.29, 1.82) is 0 Å². The van der Waals surface area contributed by atoms with Crippen molar-refractivity contribution in [2.75, 3.05) is 21.0 Å². The Bertz CT molecular complexity index is 994. The van der Waals surface area contributed by atoms with E-state index in [2.05, 4.69) is 10.2 Å². The van der Waals surface area contributed by atoms with E-state index < -0.39 is 0 Å². The minimum Gasteiger partial charge on any atom is -0.493 e. The second-order valence-electron chi connectivity index (χ2n) is 5.90. The number of halogens is 1. The third kappa shape index (κ3) is 3.76. The lowest BCUT2D eigenvalue weighted by Crippen LogP contribution is -2.13. The number of ether oxygens (including phenoxy) is 4. The molecule has 0 radical (unpaired) electrons. The van der Waals surface area contributed by atoms with Crippen LogP contribution in [0.25, 0.3) is 11.5 Å². The molecule has 0 amide bonds. The van der Waals surface area contributed by atoms with E-state index in [0.717, 1.165) is 0 Å². The van der Waals surface area contributed by atoms with Crippen LogP contribution >= 0.6 is 11.8 Å². The van der Waals surface area contributed by atoms with E-state index in [1.165, 1.54) is 23.9 Å². The van der Waals surface area contributed by atoms with Gasteiger partial charge in [-0.25, -0.2) is 4.39 Å². The van der Waals surface area contributed by atoms with E-state index in [1.54, 1.807) is 32.4 Å². The molecule has 0 bridgehead atoms. The highest BCUT2D eigenvalue weighted by atomic mass is 32.2. The van der Waals surface area contributed by atoms with Gasteiger partial charge in [0.25, 0.3) is 5.22 Å². The summed E-state index contributed by atoms with van der Waals surface area (Å²) in [6.07, 6.45) is 0. The molecule has 1 aliphatic heterocycles. The SMILES string of the molecule is COc1ccc(-c2nnc(SCc3cc(F)cc4c3OCOC4)o2)cc1OC. The van der Waals surface area contributed by atoms with Crippen LogP contribution in [0.2, 0.25) is 0 Å². The van der Waals surface area contributed by atoms with Crippen LogP contribution in [0.5, 0.6) is 17.2 Å². The molecule has 2 heterocycles. The number of hydrogen-bond acceptors (Lipinski definition) is 8. The minimum absolute atomic E-state index is 0.153. The molecule has 0 N–H and O–H groups in total. The lowest BCUT2D eigenvalue weighted by molar-refractivity contribution is -0.0171. The summed E-state index contributed by atoms with van der Waals surface area (Å²) in [5.74, 6) is 2.28. The van der Waals surface area contributed by atoms with Gasteiger partial charge in [-0.1, -0.05) is 11.8 Å². The summed E-state index contributed by atoms with van der Waals surface area (Å²) in [4.78, 5) is 0. The standard InChI is InChI=1S/C19H17FN2O5S/c1-23-15-4-3-11(7-16(15)24-2)18-21-22-19(27-18)28-9-13-6-14(20)5-12-8-25-10-26-17(12)13/h3-7H,8-10H2,1-2H3. The summed E-state index contributed by atoms with van der Waals surface area (Å²) in [5.41, 5.74) is 2.12. The molecule has 0 fully saturated rings. The molecule has 7 nitrogen and oxygen atoms in total. The quantitative estimate of drug-likeness (QED) is 0.570. The highest BCUT2D eigenvalue weighted by Crippen LogP contribution is 2.35. The first-order valence-corrected chi connectivity index (χ1v) is 9.37. The molecule has 28 heavy (non-hydrogen) atoms. The number of thioether (sulfide) groups is 1. The van der Waals surface area contributed by atoms with E-state index >= 15 is 0 Å². The lowest BCUT2D eigenvalue weighted by Gasteiger charge is -2.20. The molecule has 0 unspecified atom stereocenters. The second-order valence-corrected chi connectivity index (χ2v) is 6.82. The first kappa shape index (κ1) is 18.6. The Morgan fingerprint density at radius 1 is 1.11 bits per heavy atom. The smallest absolute Gasteiger partial charge is 0.277 e. The number of benzene rings is 2. The molecule has 1 aliphatic rings. The average Bonchev–Trinajstić information content (AvgIpc) is 3.20. The molecule has 0 spiro atoms. The van der Waals surface area contributed by atoms with Gasteiger partial charge < -0.3 is 23.4 Å². The molecule has 0 aliphatic carbocycles. The maximum absolute atomic E-state index is 13.8. The monoisotopic (exact) mass is 404 g/mol. The zero-order valence-corrected chi connectivity index (χ0v) is 16.0. The summed E-state index contributed by atoms with van der Waals surface area (Å²) in [6.45, 7) is 0.481. The predicted molar refractivity (Wildman–Crippen MR) is 99.1 cm³/mol. The van der Waals surface area contributed by atoms with E-state index in [1.807, 2.05) is 0 Å². The molecule has 9 heteroatoms. The van der Waals surface area contributed by atoms with Gasteiger partial charge in [-0.3, -0.25) is 0 Å². The summed E-state index contributed by atoms with van der Waals surface area (Å²) in [6, 6.07) is 8.20. The molecule has 0 saturated carbocycles. The van der Waals surface area contributed by atoms with Crippen molar-refractivity contribution in [3.8, 4) is 28.7 Å². The Morgan fingerprint density at radius 3 is 2.79 bits per heavy atom. The van der Waals surface area contributed by atoms with Crippen molar-refractivity contribution in [2.45, 2.75) is 17.6 Å². The van der Waals surface area contributed by atoms with Gasteiger partial charge in [0.1, 0.15) is 11.6 Å². The van der Waals surface area contributed by atoms with Crippen molar-refractivity contribution in [2.24, 2.45) is 0 Å². The van der Waals surface area contributed by atoms with Gasteiger partial charge in [0.05, 0.1) is 20.8 Å². The van der Waals surface area contributed by atoms with Gasteiger partial charge in [-0.15, -0.1) is 10.2 Å². The predicted octanol–water partition coefficient (Wildman–Crippen LogP) is 4.05. The Kier molecular flexibility index (Phi) is 5.36. The fourth-order valence-corrected chi connectivity index (χ4v) is 3.59. The summed E-state index contributed by atoms with van der Waals surface area (Å²) < 4.78 is 40.8. The Hall–Kier alpha value is -2.78. The largest absolute Gasteiger partial charge is 0.493 e. The topological polar surface area (TPSA) is 75.8 Å². The van der Waals surface area contributed by atoms with Crippen molar-refractivity contribution in [3.05, 3.63) is 47.3 Å². The highest BCUT2D eigenvalue weighted by Gasteiger charge is 2.18. The van der Waals surface area contributed by atoms with Crippen LogP contribution in [0.3, 0.4) is 0 Å². The average molecular weight is 404 g/mol. The molecule has 2 aromatic carbocycles. The number of hydrogen-bond donors (Lipinski definition) is 0. The number of fused-ring (bicyclic) bond motifs is 1. The molecule has 1 aromatic heterocycles. The van der Waals surface area contributed by atoms with E-state index in [-0.39, 0.29) is 12.6 Å². The summed E-state index contributed by atoms with van der Waals surface area (Å²) in [5, 5.41) is 8.50. The number of rotatable bonds is 6. The normalized spacial score (nSPS) is 13.0. The fraction of sp³-hybridized carbons (Fsp3) is 0.263. The third-order valence-electron chi connectivity index (χ3n) is 4.14. The van der Waals surface area contributed by atoms with Crippen LogP contribution in [0.1, 0.15) is 11.1 Å². The van der Waals surface area contributed by atoms with Crippen LogP contribution in [0.15, 0.2) is 40.0 Å². The van der Waals surface area contributed by atoms with Gasteiger partial charge in [-0.2, -0.15) is 0 Å². The number of methoxy groups -OCH3 is 2. The number of aromatic nitrogens is 2. The van der Waals surface area contributed by atoms with Gasteiger partial charge in [0.15, 0.2) is 18.3 Å². The van der Waals surface area contributed by atoms with Gasteiger partial charge in [-0.05, 0) is 30.3 Å². The van der Waals surface area contributed by atoms with Crippen molar-refractivity contribution in [3.63, 3.8) is 0 Å². The van der Waals surface area contributed by atoms with Crippen LogP contribution in [0.4, 0.5) is 4.39 Å². The number of nitrogens with zero attached hydrogens (tertiary/aromatic N) is 2. The van der Waals surface area contributed by atoms with Crippen molar-refractivity contribution < 1.29 is 27.8 Å². The van der Waals surface area contributed by atoms with Crippen LogP contribution in [-0.4, -0.2) is 31.2 Å². The Balaban J connectivity index is 1.51. The second kappa shape index (κ2) is 8.07. The first-order chi connectivity index (χ1) is 13.7. The summed E-state index contributed by atoms with van der Waals surface area (Å²) >= 11 is 1.30. The van der Waals surface area contributed by atoms with Crippen LogP contribution < -0.4 is 14.2 Å². The maximum Gasteiger partial charge on any atom is 0.277 e. The van der Waals surface area contributed by atoms with Crippen LogP contribution in [0, 0.1) is 5.82 Å². The summed E-state index contributed by atoms with van der Waals surface area (Å²) in [7, 11) is 3.13. The minimum atomic E-state index is -0.333. The highest BCUT2D eigenvalue weighted by molar-refractivity contribution is 7.98. The van der Waals surface area contributed by atoms with Gasteiger partial charge in [0, 0.05) is 22.4 Å². The molecular weight excluding hydrogens is 387 g/mol. The Labute approximate surface area is 164 Å². The third-order valence-corrected chi connectivity index (χ3v) is 5.01. The molecular formula is C19H17FN2O5S. The first-order valence-electron chi connectivity index (χ1n) is 8.38. The molecule has 0 saturated heterocycles. The Morgan fingerprint density at radius 2 is 1.96 bits per heavy atom. The van der Waals surface area contributed by atoms with Crippen LogP contribution in [-0.2, 0) is 17.1 Å². The molecule has 0 atom stereocenters. The zero-order valence-electron chi connectivity index (χ0n) is 15.2. The van der Waals surface area contributed by atoms with Crippen molar-refractivity contribution in [1.82, 2.24) is 10.2 Å². The van der Waals surface area contributed by atoms with E-state index in [0.29, 0.717) is 57.4 Å². The molecule has 4 rings (SSSR count). The van der Waals surface area contributed by atoms with Gasteiger partial charge >= 0.3 is 0 Å². The van der Waals surface area contributed by atoms with Gasteiger partial charge in [0.2, 0.25) is 5.89 Å². The van der Waals surface area contributed by atoms with E-state index in [9.17, 15) is 4.39 Å². The fourth-order valence-electron chi connectivity index (χ4n) is 2.86. The molecule has 146 valence electrons. The van der Waals surface area contributed by atoms with Crippen molar-refractivity contribution >= 4 is 11.8 Å². The molecule has 3 aromatic rings. The van der Waals surface area contributed by atoms with E-state index in [4.69, 9.17) is 23.4 Å². The zero-order chi connectivity index (χ0) is 19.5. The maximum atomic E-state index is 13.8. The lowest BCUT2D eigenvalue weighted by atomic mass is 10.1.